The number of hydrogen-bond donors (Lipinski definition) is 1. The predicted molar refractivity (Wildman–Crippen MR) is 74.6 cm³/mol. The second-order valence-electron chi connectivity index (χ2n) is 4.43. The topological polar surface area (TPSA) is 38.7 Å². The second-order valence-corrected chi connectivity index (χ2v) is 4.43. The maximum Gasteiger partial charge on any atom is 0.165 e. The molecule has 0 radical (unpaired) electrons. The monoisotopic (exact) mass is 276 g/mol. The van der Waals surface area contributed by atoms with E-state index in [0.717, 1.165) is 11.3 Å². The van der Waals surface area contributed by atoms with Crippen LogP contribution in [0.15, 0.2) is 42.5 Å². The van der Waals surface area contributed by atoms with E-state index in [1.807, 2.05) is 24.3 Å². The first-order valence-electron chi connectivity index (χ1n) is 6.29. The molecule has 3 nitrogen and oxygen atoms in total. The highest BCUT2D eigenvalue weighted by Gasteiger charge is 2.14. The molecule has 0 aliphatic rings. The predicted octanol–water partition coefficient (Wildman–Crippen LogP) is 3.12. The maximum absolute atomic E-state index is 13.4. The van der Waals surface area contributed by atoms with Crippen molar-refractivity contribution in [2.45, 2.75) is 12.5 Å². The van der Waals surface area contributed by atoms with Crippen LogP contribution in [0, 0.1) is 5.82 Å². The summed E-state index contributed by atoms with van der Waals surface area (Å²) >= 11 is 0. The molecule has 0 saturated heterocycles. The van der Waals surface area contributed by atoms with Gasteiger partial charge in [-0.15, -0.1) is 0 Å². The van der Waals surface area contributed by atoms with E-state index in [9.17, 15) is 9.50 Å². The van der Waals surface area contributed by atoms with Gasteiger partial charge in [0.1, 0.15) is 5.75 Å². The lowest BCUT2D eigenvalue weighted by Crippen LogP contribution is -2.04. The molecule has 0 heterocycles. The average Bonchev–Trinajstić information content (AvgIpc) is 2.48. The molecule has 0 bridgehead atoms. The fourth-order valence-corrected chi connectivity index (χ4v) is 2.08. The molecule has 1 unspecified atom stereocenters. The standard InChI is InChI=1S/C16H17FO3/c1-19-15-6-4-3-5-12(15)9-14(18)11-7-8-13(17)16(10-11)20-2/h3-8,10,14,18H,9H2,1-2H3. The molecular formula is C16H17FO3. The summed E-state index contributed by atoms with van der Waals surface area (Å²) in [5, 5.41) is 10.3. The average molecular weight is 276 g/mol. The minimum Gasteiger partial charge on any atom is -0.496 e. The Labute approximate surface area is 117 Å². The molecule has 0 aliphatic heterocycles. The van der Waals surface area contributed by atoms with Gasteiger partial charge in [-0.2, -0.15) is 0 Å². The third-order valence-corrected chi connectivity index (χ3v) is 3.17. The second kappa shape index (κ2) is 6.39. The summed E-state index contributed by atoms with van der Waals surface area (Å²) in [5.74, 6) is 0.406. The van der Waals surface area contributed by atoms with E-state index in [4.69, 9.17) is 9.47 Å². The zero-order valence-electron chi connectivity index (χ0n) is 11.5. The van der Waals surface area contributed by atoms with E-state index >= 15 is 0 Å². The largest absolute Gasteiger partial charge is 0.496 e. The number of aliphatic hydroxyl groups is 1. The van der Waals surface area contributed by atoms with Gasteiger partial charge >= 0.3 is 0 Å². The molecule has 1 N–H and O–H groups in total. The van der Waals surface area contributed by atoms with E-state index in [2.05, 4.69) is 0 Å². The third kappa shape index (κ3) is 3.08. The van der Waals surface area contributed by atoms with Crippen molar-refractivity contribution in [3.05, 3.63) is 59.4 Å². The van der Waals surface area contributed by atoms with Crippen molar-refractivity contribution in [1.82, 2.24) is 0 Å². The highest BCUT2D eigenvalue weighted by molar-refractivity contribution is 5.36. The molecule has 0 aromatic heterocycles. The quantitative estimate of drug-likeness (QED) is 0.912. The Bertz CT molecular complexity index is 584. The van der Waals surface area contributed by atoms with Crippen LogP contribution in [0.1, 0.15) is 17.2 Å². The van der Waals surface area contributed by atoms with Gasteiger partial charge in [0.05, 0.1) is 20.3 Å². The molecule has 1 atom stereocenters. The minimum absolute atomic E-state index is 0.126. The molecule has 0 fully saturated rings. The van der Waals surface area contributed by atoms with Crippen LogP contribution < -0.4 is 9.47 Å². The molecule has 0 aliphatic carbocycles. The van der Waals surface area contributed by atoms with Gasteiger partial charge in [-0.05, 0) is 29.3 Å². The molecular weight excluding hydrogens is 259 g/mol. The third-order valence-electron chi connectivity index (χ3n) is 3.17. The number of para-hydroxylation sites is 1. The van der Waals surface area contributed by atoms with Crippen LogP contribution in [0.5, 0.6) is 11.5 Å². The molecule has 20 heavy (non-hydrogen) atoms. The summed E-state index contributed by atoms with van der Waals surface area (Å²) in [7, 11) is 2.99. The molecule has 4 heteroatoms. The van der Waals surface area contributed by atoms with Gasteiger partial charge < -0.3 is 14.6 Å². The number of rotatable bonds is 5. The van der Waals surface area contributed by atoms with Crippen molar-refractivity contribution in [3.63, 3.8) is 0 Å². The van der Waals surface area contributed by atoms with Crippen molar-refractivity contribution < 1.29 is 19.0 Å². The van der Waals surface area contributed by atoms with Gasteiger partial charge in [-0.1, -0.05) is 24.3 Å². The summed E-state index contributed by atoms with van der Waals surface area (Å²) in [6.45, 7) is 0. The van der Waals surface area contributed by atoms with Crippen LogP contribution in [-0.4, -0.2) is 19.3 Å². The number of methoxy groups -OCH3 is 2. The van der Waals surface area contributed by atoms with Crippen LogP contribution in [0.25, 0.3) is 0 Å². The fourth-order valence-electron chi connectivity index (χ4n) is 2.08. The Morgan fingerprint density at radius 1 is 1.05 bits per heavy atom. The lowest BCUT2D eigenvalue weighted by molar-refractivity contribution is 0.176. The Kier molecular flexibility index (Phi) is 4.58. The highest BCUT2D eigenvalue weighted by atomic mass is 19.1. The zero-order chi connectivity index (χ0) is 14.5. The minimum atomic E-state index is -0.749. The number of hydrogen-bond acceptors (Lipinski definition) is 3. The van der Waals surface area contributed by atoms with Gasteiger partial charge in [-0.25, -0.2) is 4.39 Å². The Balaban J connectivity index is 2.21. The first kappa shape index (κ1) is 14.3. The Hall–Kier alpha value is -2.07. The number of aliphatic hydroxyl groups excluding tert-OH is 1. The van der Waals surface area contributed by atoms with Gasteiger partial charge in [0.25, 0.3) is 0 Å². The van der Waals surface area contributed by atoms with Crippen molar-refractivity contribution >= 4 is 0 Å². The van der Waals surface area contributed by atoms with Gasteiger partial charge in [-0.3, -0.25) is 0 Å². The first-order valence-corrected chi connectivity index (χ1v) is 6.29. The summed E-state index contributed by atoms with van der Waals surface area (Å²) in [6.07, 6.45) is -0.362. The van der Waals surface area contributed by atoms with Crippen LogP contribution in [-0.2, 0) is 6.42 Å². The van der Waals surface area contributed by atoms with E-state index in [0.29, 0.717) is 12.0 Å². The fraction of sp³-hybridized carbons (Fsp3) is 0.250. The first-order chi connectivity index (χ1) is 9.65. The molecule has 0 spiro atoms. The SMILES string of the molecule is COc1cc(C(O)Cc2ccccc2OC)ccc1F. The van der Waals surface area contributed by atoms with E-state index < -0.39 is 11.9 Å². The smallest absolute Gasteiger partial charge is 0.165 e. The maximum atomic E-state index is 13.4. The lowest BCUT2D eigenvalue weighted by atomic mass is 10.0. The summed E-state index contributed by atoms with van der Waals surface area (Å²) in [4.78, 5) is 0. The lowest BCUT2D eigenvalue weighted by Gasteiger charge is -2.14. The molecule has 2 aromatic carbocycles. The van der Waals surface area contributed by atoms with E-state index in [1.54, 1.807) is 13.2 Å². The van der Waals surface area contributed by atoms with Crippen LogP contribution in [0.3, 0.4) is 0 Å². The molecule has 106 valence electrons. The zero-order valence-corrected chi connectivity index (χ0v) is 11.5. The summed E-state index contributed by atoms with van der Waals surface area (Å²) < 4.78 is 23.5. The summed E-state index contributed by atoms with van der Waals surface area (Å²) in [6, 6.07) is 11.8. The van der Waals surface area contributed by atoms with Crippen LogP contribution in [0.2, 0.25) is 0 Å². The van der Waals surface area contributed by atoms with Crippen LogP contribution >= 0.6 is 0 Å². The molecule has 0 saturated carbocycles. The summed E-state index contributed by atoms with van der Waals surface area (Å²) in [5.41, 5.74) is 1.50. The number of benzene rings is 2. The Morgan fingerprint density at radius 3 is 2.45 bits per heavy atom. The van der Waals surface area contributed by atoms with Gasteiger partial charge in [0.2, 0.25) is 0 Å². The molecule has 0 amide bonds. The van der Waals surface area contributed by atoms with Gasteiger partial charge in [0.15, 0.2) is 11.6 Å². The molecule has 2 rings (SSSR count). The molecule has 2 aromatic rings. The Morgan fingerprint density at radius 2 is 1.75 bits per heavy atom. The van der Waals surface area contributed by atoms with Crippen molar-refractivity contribution in [2.24, 2.45) is 0 Å². The van der Waals surface area contributed by atoms with Crippen LogP contribution in [0.4, 0.5) is 4.39 Å². The van der Waals surface area contributed by atoms with E-state index in [1.165, 1.54) is 19.2 Å². The van der Waals surface area contributed by atoms with Crippen molar-refractivity contribution in [3.8, 4) is 11.5 Å². The van der Waals surface area contributed by atoms with Gasteiger partial charge in [0, 0.05) is 6.42 Å². The van der Waals surface area contributed by atoms with E-state index in [-0.39, 0.29) is 5.75 Å². The number of ether oxygens (including phenoxy) is 2. The van der Waals surface area contributed by atoms with Crippen molar-refractivity contribution in [2.75, 3.05) is 14.2 Å². The van der Waals surface area contributed by atoms with Crippen molar-refractivity contribution in [1.29, 1.82) is 0 Å². The highest BCUT2D eigenvalue weighted by Crippen LogP contribution is 2.27. The number of halogens is 1. The normalized spacial score (nSPS) is 12.0.